The van der Waals surface area contributed by atoms with Gasteiger partial charge < -0.3 is 9.73 Å². The van der Waals surface area contributed by atoms with Crippen LogP contribution in [0.15, 0.2) is 40.9 Å². The molecule has 3 nitrogen and oxygen atoms in total. The topological polar surface area (TPSA) is 38.1 Å². The van der Waals surface area contributed by atoms with Crippen molar-refractivity contribution in [2.24, 2.45) is 5.92 Å². The molecule has 0 unspecified atom stereocenters. The van der Waals surface area contributed by atoms with Crippen molar-refractivity contribution in [1.82, 2.24) is 10.3 Å². The van der Waals surface area contributed by atoms with Gasteiger partial charge in [-0.05, 0) is 24.4 Å². The van der Waals surface area contributed by atoms with Crippen LogP contribution in [-0.4, -0.2) is 18.1 Å². The molecule has 1 heterocycles. The first kappa shape index (κ1) is 14.8. The molecule has 108 valence electrons. The third-order valence-electron chi connectivity index (χ3n) is 3.17. The first-order valence-electron chi connectivity index (χ1n) is 7.42. The molecule has 0 bridgehead atoms. The molecule has 0 spiro atoms. The average Bonchev–Trinajstić information content (AvgIpc) is 2.90. The minimum absolute atomic E-state index is 0.681. The molecule has 0 atom stereocenters. The molecule has 0 aliphatic carbocycles. The Bertz CT molecular complexity index is 491. The van der Waals surface area contributed by atoms with E-state index in [1.807, 2.05) is 12.3 Å². The summed E-state index contributed by atoms with van der Waals surface area (Å²) in [6.45, 7) is 6.39. The van der Waals surface area contributed by atoms with Gasteiger partial charge in [0.25, 0.3) is 0 Å². The molecule has 0 fully saturated rings. The Hall–Kier alpha value is -1.61. The van der Waals surface area contributed by atoms with E-state index in [4.69, 9.17) is 4.42 Å². The number of hydrogen-bond acceptors (Lipinski definition) is 3. The zero-order valence-electron chi connectivity index (χ0n) is 12.4. The van der Waals surface area contributed by atoms with Crippen LogP contribution in [0.4, 0.5) is 0 Å². The second-order valence-electron chi connectivity index (χ2n) is 5.55. The summed E-state index contributed by atoms with van der Waals surface area (Å²) < 4.78 is 5.76. The predicted octanol–water partition coefficient (Wildman–Crippen LogP) is 3.25. The predicted molar refractivity (Wildman–Crippen MR) is 81.8 cm³/mol. The van der Waals surface area contributed by atoms with Crippen LogP contribution < -0.4 is 5.32 Å². The largest absolute Gasteiger partial charge is 0.446 e. The summed E-state index contributed by atoms with van der Waals surface area (Å²) in [6.07, 6.45) is 4.64. The summed E-state index contributed by atoms with van der Waals surface area (Å²) in [7, 11) is 0. The highest BCUT2D eigenvalue weighted by atomic mass is 16.4. The van der Waals surface area contributed by atoms with Gasteiger partial charge in [0.15, 0.2) is 5.89 Å². The lowest BCUT2D eigenvalue weighted by Crippen LogP contribution is -2.22. The third kappa shape index (κ3) is 5.17. The standard InChI is InChI=1S/C17H24N2O/c1-14(2)12-18-11-10-17-19-13-16(20-17)9-8-15-6-4-3-5-7-15/h3-7,13-14,18H,8-12H2,1-2H3. The van der Waals surface area contributed by atoms with Crippen molar-refractivity contribution in [2.45, 2.75) is 33.1 Å². The van der Waals surface area contributed by atoms with E-state index >= 15 is 0 Å². The highest BCUT2D eigenvalue weighted by molar-refractivity contribution is 5.15. The lowest BCUT2D eigenvalue weighted by Gasteiger charge is -2.05. The molecule has 1 aromatic carbocycles. The van der Waals surface area contributed by atoms with Crippen LogP contribution in [-0.2, 0) is 19.3 Å². The average molecular weight is 272 g/mol. The van der Waals surface area contributed by atoms with Crippen molar-refractivity contribution in [1.29, 1.82) is 0 Å². The third-order valence-corrected chi connectivity index (χ3v) is 3.17. The highest BCUT2D eigenvalue weighted by Crippen LogP contribution is 2.09. The van der Waals surface area contributed by atoms with Crippen molar-refractivity contribution in [3.05, 3.63) is 53.7 Å². The number of benzene rings is 1. The summed E-state index contributed by atoms with van der Waals surface area (Å²) in [5.74, 6) is 2.50. The molecule has 2 aromatic rings. The number of nitrogens with zero attached hydrogens (tertiary/aromatic N) is 1. The molecule has 0 saturated carbocycles. The van der Waals surface area contributed by atoms with Crippen molar-refractivity contribution < 1.29 is 4.42 Å². The number of nitrogens with one attached hydrogen (secondary N) is 1. The highest BCUT2D eigenvalue weighted by Gasteiger charge is 2.04. The minimum atomic E-state index is 0.681. The smallest absolute Gasteiger partial charge is 0.195 e. The molecule has 0 saturated heterocycles. The molecule has 2 rings (SSSR count). The quantitative estimate of drug-likeness (QED) is 0.750. The Balaban J connectivity index is 1.72. The second-order valence-corrected chi connectivity index (χ2v) is 5.55. The van der Waals surface area contributed by atoms with Crippen molar-refractivity contribution in [3.63, 3.8) is 0 Å². The monoisotopic (exact) mass is 272 g/mol. The van der Waals surface area contributed by atoms with E-state index in [-0.39, 0.29) is 0 Å². The van der Waals surface area contributed by atoms with Crippen LogP contribution in [0.3, 0.4) is 0 Å². The van der Waals surface area contributed by atoms with E-state index in [0.717, 1.165) is 44.0 Å². The second kappa shape index (κ2) is 7.85. The van der Waals surface area contributed by atoms with Gasteiger partial charge in [0, 0.05) is 19.4 Å². The molecule has 3 heteroatoms. The van der Waals surface area contributed by atoms with Crippen molar-refractivity contribution in [3.8, 4) is 0 Å². The fraction of sp³-hybridized carbons (Fsp3) is 0.471. The maximum Gasteiger partial charge on any atom is 0.195 e. The Morgan fingerprint density at radius 3 is 2.65 bits per heavy atom. The van der Waals surface area contributed by atoms with E-state index in [0.29, 0.717) is 5.92 Å². The number of aryl methyl sites for hydroxylation is 2. The normalized spacial score (nSPS) is 11.2. The SMILES string of the molecule is CC(C)CNCCc1ncc(CCc2ccccc2)o1. The molecule has 0 radical (unpaired) electrons. The molecule has 20 heavy (non-hydrogen) atoms. The van der Waals surface area contributed by atoms with E-state index in [1.54, 1.807) is 0 Å². The summed E-state index contributed by atoms with van der Waals surface area (Å²) >= 11 is 0. The van der Waals surface area contributed by atoms with Crippen LogP contribution in [0, 0.1) is 5.92 Å². The molecular weight excluding hydrogens is 248 g/mol. The Morgan fingerprint density at radius 2 is 1.90 bits per heavy atom. The molecule has 1 aromatic heterocycles. The van der Waals surface area contributed by atoms with Crippen LogP contribution in [0.5, 0.6) is 0 Å². The van der Waals surface area contributed by atoms with Gasteiger partial charge in [0.2, 0.25) is 0 Å². The Kier molecular flexibility index (Phi) is 5.81. The van der Waals surface area contributed by atoms with Gasteiger partial charge >= 0.3 is 0 Å². The number of rotatable bonds is 8. The van der Waals surface area contributed by atoms with E-state index in [9.17, 15) is 0 Å². The fourth-order valence-corrected chi connectivity index (χ4v) is 2.08. The first-order chi connectivity index (χ1) is 9.74. The van der Waals surface area contributed by atoms with Gasteiger partial charge in [-0.3, -0.25) is 0 Å². The molecule has 0 aliphatic rings. The summed E-state index contributed by atoms with van der Waals surface area (Å²) in [5.41, 5.74) is 1.34. The molecular formula is C17H24N2O. The van der Waals surface area contributed by atoms with E-state index < -0.39 is 0 Å². The summed E-state index contributed by atoms with van der Waals surface area (Å²) in [4.78, 5) is 4.34. The van der Waals surface area contributed by atoms with Crippen molar-refractivity contribution >= 4 is 0 Å². The lowest BCUT2D eigenvalue weighted by molar-refractivity contribution is 0.443. The van der Waals surface area contributed by atoms with Gasteiger partial charge in [-0.25, -0.2) is 4.98 Å². The van der Waals surface area contributed by atoms with Gasteiger partial charge in [0.05, 0.1) is 6.20 Å². The zero-order chi connectivity index (χ0) is 14.2. The van der Waals surface area contributed by atoms with Gasteiger partial charge in [-0.2, -0.15) is 0 Å². The van der Waals surface area contributed by atoms with Crippen LogP contribution >= 0.6 is 0 Å². The van der Waals surface area contributed by atoms with Gasteiger partial charge in [0.1, 0.15) is 5.76 Å². The number of aromatic nitrogens is 1. The summed E-state index contributed by atoms with van der Waals surface area (Å²) in [5, 5.41) is 3.40. The van der Waals surface area contributed by atoms with Crippen LogP contribution in [0.25, 0.3) is 0 Å². The van der Waals surface area contributed by atoms with Gasteiger partial charge in [-0.15, -0.1) is 0 Å². The maximum atomic E-state index is 5.76. The number of hydrogen-bond donors (Lipinski definition) is 1. The van der Waals surface area contributed by atoms with Gasteiger partial charge in [-0.1, -0.05) is 44.2 Å². The van der Waals surface area contributed by atoms with E-state index in [2.05, 4.69) is 48.4 Å². The Morgan fingerprint density at radius 1 is 1.10 bits per heavy atom. The fourth-order valence-electron chi connectivity index (χ4n) is 2.08. The summed E-state index contributed by atoms with van der Waals surface area (Å²) in [6, 6.07) is 10.5. The first-order valence-corrected chi connectivity index (χ1v) is 7.42. The lowest BCUT2D eigenvalue weighted by atomic mass is 10.1. The van der Waals surface area contributed by atoms with Crippen molar-refractivity contribution in [2.75, 3.05) is 13.1 Å². The van der Waals surface area contributed by atoms with Crippen LogP contribution in [0.1, 0.15) is 31.1 Å². The Labute approximate surface area is 121 Å². The number of oxazole rings is 1. The van der Waals surface area contributed by atoms with Crippen LogP contribution in [0.2, 0.25) is 0 Å². The molecule has 0 aliphatic heterocycles. The molecule has 1 N–H and O–H groups in total. The molecule has 0 amide bonds. The maximum absolute atomic E-state index is 5.76. The zero-order valence-corrected chi connectivity index (χ0v) is 12.4. The minimum Gasteiger partial charge on any atom is -0.446 e. The van der Waals surface area contributed by atoms with E-state index in [1.165, 1.54) is 5.56 Å².